The topological polar surface area (TPSA) is 55.2 Å². The highest BCUT2D eigenvalue weighted by Crippen LogP contribution is 2.30. The van der Waals surface area contributed by atoms with Gasteiger partial charge in [0.2, 0.25) is 0 Å². The van der Waals surface area contributed by atoms with Crippen molar-refractivity contribution in [1.29, 1.82) is 0 Å². The van der Waals surface area contributed by atoms with Gasteiger partial charge in [0, 0.05) is 32.8 Å². The lowest BCUT2D eigenvalue weighted by Crippen LogP contribution is -2.08. The minimum atomic E-state index is -0.383. The van der Waals surface area contributed by atoms with Gasteiger partial charge in [-0.2, -0.15) is 0 Å². The molecule has 4 nitrogen and oxygen atoms in total. The molecule has 2 aromatic rings. The van der Waals surface area contributed by atoms with E-state index in [2.05, 4.69) is 44.1 Å². The first-order chi connectivity index (χ1) is 9.88. The molecule has 0 bridgehead atoms. The highest BCUT2D eigenvalue weighted by molar-refractivity contribution is 9.11. The normalized spacial score (nSPS) is 12.0. The molecule has 0 aliphatic rings. The van der Waals surface area contributed by atoms with Gasteiger partial charge in [0.25, 0.3) is 5.69 Å². The van der Waals surface area contributed by atoms with Crippen LogP contribution in [0.1, 0.15) is 24.1 Å². The van der Waals surface area contributed by atoms with E-state index < -0.39 is 0 Å². The molecule has 1 unspecified atom stereocenters. The molecule has 0 aromatic heterocycles. The first kappa shape index (κ1) is 16.0. The molecular weight excluding hydrogens is 400 g/mol. The van der Waals surface area contributed by atoms with Crippen LogP contribution in [0.25, 0.3) is 0 Å². The maximum Gasteiger partial charge on any atom is 0.269 e. The Morgan fingerprint density at radius 3 is 2.48 bits per heavy atom. The SMILES string of the molecule is Cc1cc([N+](=O)[O-])ccc1NC(C)c1ccc(Br)cc1Br. The summed E-state index contributed by atoms with van der Waals surface area (Å²) >= 11 is 6.98. The van der Waals surface area contributed by atoms with Gasteiger partial charge in [0.15, 0.2) is 0 Å². The number of halogens is 2. The molecule has 2 aromatic carbocycles. The third-order valence-electron chi connectivity index (χ3n) is 3.22. The molecular formula is C15H14Br2N2O2. The number of nitro benzene ring substituents is 1. The molecule has 0 aliphatic carbocycles. The van der Waals surface area contributed by atoms with Crippen LogP contribution >= 0.6 is 31.9 Å². The molecule has 0 radical (unpaired) electrons. The van der Waals surface area contributed by atoms with E-state index in [9.17, 15) is 10.1 Å². The first-order valence-corrected chi connectivity index (χ1v) is 7.93. The van der Waals surface area contributed by atoms with Crippen molar-refractivity contribution in [1.82, 2.24) is 0 Å². The fourth-order valence-electron chi connectivity index (χ4n) is 2.09. The number of aryl methyl sites for hydroxylation is 1. The van der Waals surface area contributed by atoms with E-state index in [4.69, 9.17) is 0 Å². The number of nitrogens with one attached hydrogen (secondary N) is 1. The van der Waals surface area contributed by atoms with Gasteiger partial charge in [-0.15, -0.1) is 0 Å². The third kappa shape index (κ3) is 3.83. The Morgan fingerprint density at radius 2 is 1.90 bits per heavy atom. The summed E-state index contributed by atoms with van der Waals surface area (Å²) in [6.45, 7) is 3.91. The minimum Gasteiger partial charge on any atom is -0.378 e. The van der Waals surface area contributed by atoms with Crippen LogP contribution in [0.4, 0.5) is 11.4 Å². The van der Waals surface area contributed by atoms with E-state index in [0.29, 0.717) is 0 Å². The predicted molar refractivity (Wildman–Crippen MR) is 91.7 cm³/mol. The molecule has 1 atom stereocenters. The van der Waals surface area contributed by atoms with Gasteiger partial charge in [-0.05, 0) is 43.2 Å². The summed E-state index contributed by atoms with van der Waals surface area (Å²) in [5.41, 5.74) is 2.97. The second-order valence-electron chi connectivity index (χ2n) is 4.79. The number of benzene rings is 2. The largest absolute Gasteiger partial charge is 0.378 e. The minimum absolute atomic E-state index is 0.0765. The van der Waals surface area contributed by atoms with E-state index in [1.165, 1.54) is 6.07 Å². The number of nitro groups is 1. The fourth-order valence-corrected chi connectivity index (χ4v) is 3.48. The lowest BCUT2D eigenvalue weighted by Gasteiger charge is -2.18. The van der Waals surface area contributed by atoms with Crippen LogP contribution in [0, 0.1) is 17.0 Å². The lowest BCUT2D eigenvalue weighted by atomic mass is 10.1. The Balaban J connectivity index is 2.23. The Bertz CT molecular complexity index is 689. The van der Waals surface area contributed by atoms with Crippen molar-refractivity contribution in [2.45, 2.75) is 19.9 Å². The van der Waals surface area contributed by atoms with Crippen molar-refractivity contribution in [2.75, 3.05) is 5.32 Å². The summed E-state index contributed by atoms with van der Waals surface area (Å²) in [5.74, 6) is 0. The number of nitrogens with zero attached hydrogens (tertiary/aromatic N) is 1. The van der Waals surface area contributed by atoms with Crippen molar-refractivity contribution in [3.63, 3.8) is 0 Å². The zero-order chi connectivity index (χ0) is 15.6. The second kappa shape index (κ2) is 6.58. The third-order valence-corrected chi connectivity index (χ3v) is 4.40. The average molecular weight is 414 g/mol. The molecule has 0 heterocycles. The molecule has 2 rings (SSSR count). The van der Waals surface area contributed by atoms with Crippen LogP contribution in [-0.2, 0) is 0 Å². The molecule has 110 valence electrons. The maximum atomic E-state index is 10.8. The molecule has 0 fully saturated rings. The number of rotatable bonds is 4. The van der Waals surface area contributed by atoms with Crippen LogP contribution < -0.4 is 5.32 Å². The van der Waals surface area contributed by atoms with Crippen molar-refractivity contribution in [3.8, 4) is 0 Å². The second-order valence-corrected chi connectivity index (χ2v) is 6.56. The summed E-state index contributed by atoms with van der Waals surface area (Å²) in [5, 5.41) is 14.1. The molecule has 0 saturated carbocycles. The number of hydrogen-bond donors (Lipinski definition) is 1. The molecule has 21 heavy (non-hydrogen) atoms. The van der Waals surface area contributed by atoms with Crippen molar-refractivity contribution < 1.29 is 4.92 Å². The Morgan fingerprint density at radius 1 is 1.19 bits per heavy atom. The van der Waals surface area contributed by atoms with E-state index in [-0.39, 0.29) is 16.7 Å². The quantitative estimate of drug-likeness (QED) is 0.524. The number of hydrogen-bond acceptors (Lipinski definition) is 3. The van der Waals surface area contributed by atoms with Crippen molar-refractivity contribution >= 4 is 43.2 Å². The molecule has 0 aliphatic heterocycles. The summed E-state index contributed by atoms with van der Waals surface area (Å²) in [6.07, 6.45) is 0. The molecule has 6 heteroatoms. The van der Waals surface area contributed by atoms with Crippen molar-refractivity contribution in [3.05, 3.63) is 66.6 Å². The highest BCUT2D eigenvalue weighted by atomic mass is 79.9. The number of anilines is 1. The van der Waals surface area contributed by atoms with E-state index in [0.717, 1.165) is 25.8 Å². The van der Waals surface area contributed by atoms with Gasteiger partial charge in [-0.25, -0.2) is 0 Å². The van der Waals surface area contributed by atoms with Crippen LogP contribution in [0.15, 0.2) is 45.3 Å². The zero-order valence-corrected chi connectivity index (χ0v) is 14.7. The summed E-state index contributed by atoms with van der Waals surface area (Å²) in [6, 6.07) is 10.9. The van der Waals surface area contributed by atoms with Crippen LogP contribution in [0.5, 0.6) is 0 Å². The van der Waals surface area contributed by atoms with Gasteiger partial charge in [-0.1, -0.05) is 37.9 Å². The average Bonchev–Trinajstić information content (AvgIpc) is 2.40. The van der Waals surface area contributed by atoms with Gasteiger partial charge < -0.3 is 5.32 Å². The van der Waals surface area contributed by atoms with Gasteiger partial charge in [-0.3, -0.25) is 10.1 Å². The van der Waals surface area contributed by atoms with Gasteiger partial charge in [0.1, 0.15) is 0 Å². The maximum absolute atomic E-state index is 10.8. The van der Waals surface area contributed by atoms with Crippen LogP contribution in [-0.4, -0.2) is 4.92 Å². The van der Waals surface area contributed by atoms with Gasteiger partial charge >= 0.3 is 0 Å². The zero-order valence-electron chi connectivity index (χ0n) is 11.6. The Kier molecular flexibility index (Phi) is 5.00. The Hall–Kier alpha value is -1.40. The van der Waals surface area contributed by atoms with Crippen LogP contribution in [0.2, 0.25) is 0 Å². The van der Waals surface area contributed by atoms with Gasteiger partial charge in [0.05, 0.1) is 4.92 Å². The molecule has 0 spiro atoms. The van der Waals surface area contributed by atoms with E-state index >= 15 is 0 Å². The monoisotopic (exact) mass is 412 g/mol. The molecule has 0 amide bonds. The summed E-state index contributed by atoms with van der Waals surface area (Å²) < 4.78 is 2.02. The summed E-state index contributed by atoms with van der Waals surface area (Å²) in [7, 11) is 0. The standard InChI is InChI=1S/C15H14Br2N2O2/c1-9-7-12(19(20)21)4-6-15(9)18-10(2)13-5-3-11(16)8-14(13)17/h3-8,10,18H,1-2H3. The number of non-ortho nitro benzene ring substituents is 1. The van der Waals surface area contributed by atoms with Crippen molar-refractivity contribution in [2.24, 2.45) is 0 Å². The van der Waals surface area contributed by atoms with E-state index in [1.807, 2.05) is 25.1 Å². The van der Waals surface area contributed by atoms with Crippen LogP contribution in [0.3, 0.4) is 0 Å². The predicted octanol–water partition coefficient (Wildman–Crippen LogP) is 5.60. The first-order valence-electron chi connectivity index (χ1n) is 6.35. The molecule has 0 saturated heterocycles. The molecule has 1 N–H and O–H groups in total. The smallest absolute Gasteiger partial charge is 0.269 e. The Labute approximate surface area is 140 Å². The fraction of sp³-hybridized carbons (Fsp3) is 0.200. The summed E-state index contributed by atoms with van der Waals surface area (Å²) in [4.78, 5) is 10.4. The lowest BCUT2D eigenvalue weighted by molar-refractivity contribution is -0.384. The highest BCUT2D eigenvalue weighted by Gasteiger charge is 2.13. The van der Waals surface area contributed by atoms with E-state index in [1.54, 1.807) is 12.1 Å².